The first-order valence-electron chi connectivity index (χ1n) is 11.4. The molecule has 0 saturated carbocycles. The van der Waals surface area contributed by atoms with Gasteiger partial charge in [-0.1, -0.05) is 84.2 Å². The SMILES string of the molecule is CC(c1nnc(SCC(=O)Nc2ccccc2Sc2ccccc2)n1Cc1ccccc1)N(C)C. The van der Waals surface area contributed by atoms with Gasteiger partial charge in [-0.05, 0) is 50.8 Å². The van der Waals surface area contributed by atoms with Crippen molar-refractivity contribution in [1.29, 1.82) is 0 Å². The summed E-state index contributed by atoms with van der Waals surface area (Å²) >= 11 is 3.04. The number of rotatable bonds is 10. The molecule has 8 heteroatoms. The van der Waals surface area contributed by atoms with Gasteiger partial charge in [-0.3, -0.25) is 9.69 Å². The molecule has 0 aliphatic rings. The van der Waals surface area contributed by atoms with Crippen LogP contribution in [0, 0.1) is 0 Å². The molecule has 0 aliphatic carbocycles. The van der Waals surface area contributed by atoms with E-state index in [0.29, 0.717) is 6.54 Å². The molecule has 0 spiro atoms. The number of benzene rings is 3. The van der Waals surface area contributed by atoms with Gasteiger partial charge in [0.05, 0.1) is 24.0 Å². The number of aromatic nitrogens is 3. The third kappa shape index (κ3) is 6.75. The number of hydrogen-bond acceptors (Lipinski definition) is 6. The van der Waals surface area contributed by atoms with Crippen LogP contribution in [0.15, 0.2) is 99.9 Å². The van der Waals surface area contributed by atoms with Crippen LogP contribution in [0.25, 0.3) is 0 Å². The minimum absolute atomic E-state index is 0.0763. The van der Waals surface area contributed by atoms with E-state index >= 15 is 0 Å². The maximum atomic E-state index is 12.9. The predicted octanol–water partition coefficient (Wildman–Crippen LogP) is 5.83. The highest BCUT2D eigenvalue weighted by atomic mass is 32.2. The first-order chi connectivity index (χ1) is 17.0. The Morgan fingerprint density at radius 2 is 1.60 bits per heavy atom. The number of amides is 1. The molecule has 4 aromatic rings. The fourth-order valence-corrected chi connectivity index (χ4v) is 5.12. The molecular weight excluding hydrogens is 474 g/mol. The summed E-state index contributed by atoms with van der Waals surface area (Å²) in [7, 11) is 4.05. The van der Waals surface area contributed by atoms with Crippen LogP contribution in [-0.4, -0.2) is 45.4 Å². The quantitative estimate of drug-likeness (QED) is 0.275. The second-order valence-electron chi connectivity index (χ2n) is 8.30. The Balaban J connectivity index is 1.47. The largest absolute Gasteiger partial charge is 0.324 e. The van der Waals surface area contributed by atoms with Crippen molar-refractivity contribution in [3.05, 3.63) is 96.3 Å². The number of anilines is 1. The van der Waals surface area contributed by atoms with Crippen molar-refractivity contribution in [3.63, 3.8) is 0 Å². The van der Waals surface area contributed by atoms with E-state index in [9.17, 15) is 4.79 Å². The highest BCUT2D eigenvalue weighted by Crippen LogP contribution is 2.33. The first kappa shape index (κ1) is 25.0. The molecule has 6 nitrogen and oxygen atoms in total. The third-order valence-electron chi connectivity index (χ3n) is 5.54. The molecule has 1 aromatic heterocycles. The Morgan fingerprint density at radius 3 is 2.31 bits per heavy atom. The standard InChI is InChI=1S/C27H29N5OS2/c1-20(31(2)3)26-29-30-27(32(26)18-21-12-6-4-7-13-21)34-19-25(33)28-23-16-10-11-17-24(23)35-22-14-8-5-9-15-22/h4-17,20H,18-19H2,1-3H3,(H,28,33). The molecule has 35 heavy (non-hydrogen) atoms. The molecule has 1 N–H and O–H groups in total. The van der Waals surface area contributed by atoms with Gasteiger partial charge in [0.15, 0.2) is 11.0 Å². The fourth-order valence-electron chi connectivity index (χ4n) is 3.45. The molecule has 3 aromatic carbocycles. The average Bonchev–Trinajstić information content (AvgIpc) is 3.26. The number of hydrogen-bond donors (Lipinski definition) is 1. The van der Waals surface area contributed by atoms with Gasteiger partial charge < -0.3 is 9.88 Å². The lowest BCUT2D eigenvalue weighted by molar-refractivity contribution is -0.113. The summed E-state index contributed by atoms with van der Waals surface area (Å²) in [5.41, 5.74) is 1.97. The molecule has 1 atom stereocenters. The molecule has 180 valence electrons. The normalized spacial score (nSPS) is 12.0. The zero-order chi connectivity index (χ0) is 24.6. The summed E-state index contributed by atoms with van der Waals surface area (Å²) in [6.45, 7) is 2.76. The van der Waals surface area contributed by atoms with Gasteiger partial charge in [0.2, 0.25) is 5.91 Å². The van der Waals surface area contributed by atoms with Crippen LogP contribution in [-0.2, 0) is 11.3 Å². The van der Waals surface area contributed by atoms with Crippen LogP contribution in [0.1, 0.15) is 24.4 Å². The smallest absolute Gasteiger partial charge is 0.234 e. The van der Waals surface area contributed by atoms with Crippen LogP contribution < -0.4 is 5.32 Å². The van der Waals surface area contributed by atoms with Crippen molar-refractivity contribution < 1.29 is 4.79 Å². The van der Waals surface area contributed by atoms with Crippen molar-refractivity contribution >= 4 is 35.1 Å². The highest BCUT2D eigenvalue weighted by Gasteiger charge is 2.20. The van der Waals surface area contributed by atoms with Crippen LogP contribution in [0.4, 0.5) is 5.69 Å². The topological polar surface area (TPSA) is 63.1 Å². The van der Waals surface area contributed by atoms with Gasteiger partial charge in [-0.25, -0.2) is 0 Å². The van der Waals surface area contributed by atoms with Crippen molar-refractivity contribution in [2.24, 2.45) is 0 Å². The van der Waals surface area contributed by atoms with E-state index in [1.54, 1.807) is 11.8 Å². The summed E-state index contributed by atoms with van der Waals surface area (Å²) in [6.07, 6.45) is 0. The lowest BCUT2D eigenvalue weighted by atomic mass is 10.2. The molecule has 0 fully saturated rings. The maximum absolute atomic E-state index is 12.9. The van der Waals surface area contributed by atoms with Gasteiger partial charge in [-0.2, -0.15) is 0 Å². The van der Waals surface area contributed by atoms with Gasteiger partial charge in [0.1, 0.15) is 0 Å². The van der Waals surface area contributed by atoms with E-state index in [1.165, 1.54) is 11.8 Å². The summed E-state index contributed by atoms with van der Waals surface area (Å²) in [5, 5.41) is 12.7. The number of nitrogens with zero attached hydrogens (tertiary/aromatic N) is 4. The first-order valence-corrected chi connectivity index (χ1v) is 13.2. The molecule has 1 unspecified atom stereocenters. The van der Waals surface area contributed by atoms with Gasteiger partial charge in [-0.15, -0.1) is 10.2 Å². The van der Waals surface area contributed by atoms with E-state index in [4.69, 9.17) is 0 Å². The molecule has 0 aliphatic heterocycles. The highest BCUT2D eigenvalue weighted by molar-refractivity contribution is 8.00. The Kier molecular flexibility index (Phi) is 8.63. The number of thioether (sulfide) groups is 1. The fraction of sp³-hybridized carbons (Fsp3) is 0.222. The minimum Gasteiger partial charge on any atom is -0.324 e. The van der Waals surface area contributed by atoms with Crippen molar-refractivity contribution in [3.8, 4) is 0 Å². The summed E-state index contributed by atoms with van der Waals surface area (Å²) in [4.78, 5) is 17.1. The third-order valence-corrected chi connectivity index (χ3v) is 7.59. The van der Waals surface area contributed by atoms with Crippen LogP contribution in [0.2, 0.25) is 0 Å². The zero-order valence-electron chi connectivity index (χ0n) is 20.1. The number of carbonyl (C=O) groups is 1. The monoisotopic (exact) mass is 503 g/mol. The molecule has 4 rings (SSSR count). The van der Waals surface area contributed by atoms with Crippen molar-refractivity contribution in [1.82, 2.24) is 19.7 Å². The van der Waals surface area contributed by atoms with Crippen molar-refractivity contribution in [2.75, 3.05) is 25.2 Å². The Labute approximate surface area is 215 Å². The summed E-state index contributed by atoms with van der Waals surface area (Å²) in [5.74, 6) is 1.05. The average molecular weight is 504 g/mol. The molecule has 1 amide bonds. The molecule has 0 bridgehead atoms. The lowest BCUT2D eigenvalue weighted by Gasteiger charge is -2.20. The maximum Gasteiger partial charge on any atom is 0.234 e. The Bertz CT molecular complexity index is 1240. The lowest BCUT2D eigenvalue weighted by Crippen LogP contribution is -2.21. The van der Waals surface area contributed by atoms with Crippen LogP contribution in [0.5, 0.6) is 0 Å². The number of carbonyl (C=O) groups excluding carboxylic acids is 1. The molecular formula is C27H29N5OS2. The van der Waals surface area contributed by atoms with E-state index in [2.05, 4.69) is 56.2 Å². The van der Waals surface area contributed by atoms with Gasteiger partial charge in [0.25, 0.3) is 0 Å². The second kappa shape index (κ2) is 12.1. The second-order valence-corrected chi connectivity index (χ2v) is 10.4. The summed E-state index contributed by atoms with van der Waals surface area (Å²) < 4.78 is 2.11. The Hall–Kier alpha value is -3.07. The van der Waals surface area contributed by atoms with Crippen LogP contribution in [0.3, 0.4) is 0 Å². The van der Waals surface area contributed by atoms with E-state index in [1.807, 2.05) is 74.8 Å². The Morgan fingerprint density at radius 1 is 0.943 bits per heavy atom. The van der Waals surface area contributed by atoms with E-state index in [-0.39, 0.29) is 17.7 Å². The molecule has 0 radical (unpaired) electrons. The molecule has 1 heterocycles. The number of nitrogens with one attached hydrogen (secondary N) is 1. The minimum atomic E-state index is -0.0763. The number of para-hydroxylation sites is 1. The molecule has 0 saturated heterocycles. The van der Waals surface area contributed by atoms with Gasteiger partial charge >= 0.3 is 0 Å². The van der Waals surface area contributed by atoms with Crippen LogP contribution >= 0.6 is 23.5 Å². The summed E-state index contributed by atoms with van der Waals surface area (Å²) in [6, 6.07) is 28.3. The van der Waals surface area contributed by atoms with E-state index < -0.39 is 0 Å². The van der Waals surface area contributed by atoms with Crippen molar-refractivity contribution in [2.45, 2.75) is 34.5 Å². The predicted molar refractivity (Wildman–Crippen MR) is 144 cm³/mol. The van der Waals surface area contributed by atoms with Gasteiger partial charge in [0, 0.05) is 9.79 Å². The van der Waals surface area contributed by atoms with E-state index in [0.717, 1.165) is 32.0 Å². The zero-order valence-corrected chi connectivity index (χ0v) is 21.7.